The predicted molar refractivity (Wildman–Crippen MR) is 104 cm³/mol. The van der Waals surface area contributed by atoms with Gasteiger partial charge in [-0.05, 0) is 39.0 Å². The minimum absolute atomic E-state index is 0.339. The quantitative estimate of drug-likeness (QED) is 0.252. The van der Waals surface area contributed by atoms with Gasteiger partial charge in [-0.3, -0.25) is 4.48 Å². The molecule has 24 heavy (non-hydrogen) atoms. The Hall–Kier alpha value is -0.800. The van der Waals surface area contributed by atoms with Crippen LogP contribution in [0.1, 0.15) is 91.4 Å². The fraction of sp³-hybridized carbons (Fsp3) is 0.810. The molecule has 0 radical (unpaired) electrons. The first-order chi connectivity index (χ1) is 11.7. The number of unbranched alkanes of at least 4 members (excludes halogenated alkanes) is 8. The van der Waals surface area contributed by atoms with E-state index in [9.17, 15) is 5.11 Å². The van der Waals surface area contributed by atoms with Gasteiger partial charge in [-0.25, -0.2) is 0 Å². The molecular formula is C21H41N2O+. The topological polar surface area (TPSA) is 32.3 Å². The smallest absolute Gasteiger partial charge is 0.193 e. The molecule has 0 saturated heterocycles. The van der Waals surface area contributed by atoms with Gasteiger partial charge in [0.1, 0.15) is 6.20 Å². The summed E-state index contributed by atoms with van der Waals surface area (Å²) in [6, 6.07) is 0. The lowest BCUT2D eigenvalue weighted by Gasteiger charge is -2.39. The number of aliphatic hydroxyl groups excluding tert-OH is 1. The first kappa shape index (κ1) is 21.2. The first-order valence-corrected chi connectivity index (χ1v) is 10.3. The molecule has 1 heterocycles. The van der Waals surface area contributed by atoms with E-state index in [1.807, 2.05) is 13.1 Å². The molecule has 3 unspecified atom stereocenters. The molecule has 0 aromatic heterocycles. The van der Waals surface area contributed by atoms with Crippen molar-refractivity contribution in [1.29, 1.82) is 0 Å². The molecule has 1 aliphatic heterocycles. The monoisotopic (exact) mass is 337 g/mol. The highest BCUT2D eigenvalue weighted by Crippen LogP contribution is 2.25. The lowest BCUT2D eigenvalue weighted by molar-refractivity contribution is -0.942. The van der Waals surface area contributed by atoms with Crippen LogP contribution in [0.15, 0.2) is 24.6 Å². The van der Waals surface area contributed by atoms with Crippen LogP contribution in [-0.4, -0.2) is 28.5 Å². The summed E-state index contributed by atoms with van der Waals surface area (Å²) in [4.78, 5) is 0. The Bertz CT molecular complexity index is 365. The number of hydrogen-bond donors (Lipinski definition) is 2. The molecule has 140 valence electrons. The van der Waals surface area contributed by atoms with Gasteiger partial charge >= 0.3 is 0 Å². The van der Waals surface area contributed by atoms with Gasteiger partial charge in [0.25, 0.3) is 0 Å². The van der Waals surface area contributed by atoms with E-state index in [0.29, 0.717) is 10.6 Å². The number of allylic oxidation sites excluding steroid dienone is 2. The third-order valence-corrected chi connectivity index (χ3v) is 5.45. The number of nitrogens with zero attached hydrogens (tertiary/aromatic N) is 1. The normalized spacial score (nSPS) is 24.6. The van der Waals surface area contributed by atoms with Crippen molar-refractivity contribution in [3.05, 3.63) is 24.6 Å². The minimum Gasteiger partial charge on any atom is -0.345 e. The molecule has 3 atom stereocenters. The van der Waals surface area contributed by atoms with Gasteiger partial charge in [0, 0.05) is 13.3 Å². The zero-order chi connectivity index (χ0) is 17.7. The Kier molecular flexibility index (Phi) is 11.1. The number of quaternary nitrogens is 1. The fourth-order valence-corrected chi connectivity index (χ4v) is 3.71. The van der Waals surface area contributed by atoms with Crippen molar-refractivity contribution in [2.75, 3.05) is 6.54 Å². The summed E-state index contributed by atoms with van der Waals surface area (Å²) in [5.41, 5.74) is 0. The van der Waals surface area contributed by atoms with Crippen LogP contribution in [0.2, 0.25) is 0 Å². The van der Waals surface area contributed by atoms with Crippen molar-refractivity contribution in [1.82, 2.24) is 5.32 Å². The van der Waals surface area contributed by atoms with Crippen molar-refractivity contribution in [2.24, 2.45) is 0 Å². The van der Waals surface area contributed by atoms with E-state index < -0.39 is 0 Å². The number of aliphatic hydroxyl groups is 1. The molecular weight excluding hydrogens is 296 g/mol. The second-order valence-electron chi connectivity index (χ2n) is 7.25. The zero-order valence-corrected chi connectivity index (χ0v) is 16.3. The van der Waals surface area contributed by atoms with Crippen LogP contribution in [0.4, 0.5) is 0 Å². The largest absolute Gasteiger partial charge is 0.345 e. The summed E-state index contributed by atoms with van der Waals surface area (Å²) >= 11 is 0. The molecule has 0 aliphatic carbocycles. The van der Waals surface area contributed by atoms with Crippen LogP contribution < -0.4 is 5.32 Å². The van der Waals surface area contributed by atoms with E-state index in [2.05, 4.69) is 37.5 Å². The van der Waals surface area contributed by atoms with Gasteiger partial charge in [-0.15, -0.1) is 0 Å². The first-order valence-electron chi connectivity index (χ1n) is 10.3. The second-order valence-corrected chi connectivity index (χ2v) is 7.25. The Morgan fingerprint density at radius 2 is 1.62 bits per heavy atom. The molecule has 0 aromatic carbocycles. The predicted octanol–water partition coefficient (Wildman–Crippen LogP) is 5.43. The summed E-state index contributed by atoms with van der Waals surface area (Å²) in [5.74, 6) is 0. The summed E-state index contributed by atoms with van der Waals surface area (Å²) in [6.45, 7) is 7.27. The maximum atomic E-state index is 10.1. The van der Waals surface area contributed by atoms with E-state index in [4.69, 9.17) is 0 Å². The highest BCUT2D eigenvalue weighted by Gasteiger charge is 2.40. The molecule has 3 nitrogen and oxygen atoms in total. The number of nitrogens with one attached hydrogen (secondary N) is 1. The van der Waals surface area contributed by atoms with Crippen molar-refractivity contribution in [3.63, 3.8) is 0 Å². The molecule has 2 N–H and O–H groups in total. The van der Waals surface area contributed by atoms with Crippen LogP contribution in [0.25, 0.3) is 0 Å². The Morgan fingerprint density at radius 3 is 2.21 bits per heavy atom. The van der Waals surface area contributed by atoms with E-state index in [1.54, 1.807) is 0 Å². The standard InChI is InChI=1S/C21H41N2O/c1-4-6-7-8-9-10-11-12-13-14-15-16-17-21-22-18-19-23(21,5-2)20(3)24/h10-11,18-22,24H,4-9,12-17H2,1-3H3/q+1/b11-10+. The third-order valence-electron chi connectivity index (χ3n) is 5.45. The van der Waals surface area contributed by atoms with Gasteiger partial charge in [-0.1, -0.05) is 51.2 Å². The highest BCUT2D eigenvalue weighted by atomic mass is 16.3. The van der Waals surface area contributed by atoms with Crippen LogP contribution in [0, 0.1) is 0 Å². The van der Waals surface area contributed by atoms with Crippen molar-refractivity contribution in [2.45, 2.75) is 104 Å². The average Bonchev–Trinajstić information content (AvgIpc) is 3.00. The number of rotatable bonds is 14. The summed E-state index contributed by atoms with van der Waals surface area (Å²) in [6.07, 6.45) is 23.2. The van der Waals surface area contributed by atoms with E-state index in [0.717, 1.165) is 13.0 Å². The maximum absolute atomic E-state index is 10.1. The Morgan fingerprint density at radius 1 is 1.00 bits per heavy atom. The van der Waals surface area contributed by atoms with Gasteiger partial charge < -0.3 is 10.4 Å². The van der Waals surface area contributed by atoms with Crippen LogP contribution >= 0.6 is 0 Å². The van der Waals surface area contributed by atoms with Crippen LogP contribution in [0.3, 0.4) is 0 Å². The van der Waals surface area contributed by atoms with E-state index >= 15 is 0 Å². The molecule has 1 aliphatic rings. The summed E-state index contributed by atoms with van der Waals surface area (Å²) < 4.78 is 0.667. The maximum Gasteiger partial charge on any atom is 0.193 e. The van der Waals surface area contributed by atoms with Crippen molar-refractivity contribution >= 4 is 0 Å². The molecule has 1 rings (SSSR count). The Labute approximate surface area is 150 Å². The van der Waals surface area contributed by atoms with Gasteiger partial charge in [0.15, 0.2) is 12.4 Å². The molecule has 0 amide bonds. The second kappa shape index (κ2) is 12.5. The molecule has 0 aromatic rings. The summed E-state index contributed by atoms with van der Waals surface area (Å²) in [5, 5.41) is 13.6. The molecule has 0 spiro atoms. The average molecular weight is 338 g/mol. The van der Waals surface area contributed by atoms with E-state index in [1.165, 1.54) is 64.2 Å². The lowest BCUT2D eigenvalue weighted by Crippen LogP contribution is -2.57. The van der Waals surface area contributed by atoms with Crippen molar-refractivity contribution in [3.8, 4) is 0 Å². The van der Waals surface area contributed by atoms with Gasteiger partial charge in [0.2, 0.25) is 0 Å². The SMILES string of the molecule is CCCCCC/C=C/CCCCCCC1NC=C[N+]1(CC)C(C)O. The van der Waals surface area contributed by atoms with Crippen LogP contribution in [0.5, 0.6) is 0 Å². The zero-order valence-electron chi connectivity index (χ0n) is 16.3. The molecule has 0 fully saturated rings. The lowest BCUT2D eigenvalue weighted by atomic mass is 10.1. The fourth-order valence-electron chi connectivity index (χ4n) is 3.71. The van der Waals surface area contributed by atoms with Gasteiger partial charge in [0.05, 0.1) is 12.7 Å². The van der Waals surface area contributed by atoms with Crippen molar-refractivity contribution < 1.29 is 9.59 Å². The molecule has 0 bridgehead atoms. The number of hydrogen-bond acceptors (Lipinski definition) is 2. The summed E-state index contributed by atoms with van der Waals surface area (Å²) in [7, 11) is 0. The Balaban J connectivity index is 2.03. The third kappa shape index (κ3) is 6.98. The minimum atomic E-state index is -0.339. The van der Waals surface area contributed by atoms with Crippen LogP contribution in [-0.2, 0) is 0 Å². The van der Waals surface area contributed by atoms with E-state index in [-0.39, 0.29) is 6.23 Å². The highest BCUT2D eigenvalue weighted by molar-refractivity contribution is 4.85. The van der Waals surface area contributed by atoms with Gasteiger partial charge in [-0.2, -0.15) is 0 Å². The molecule has 0 saturated carbocycles. The molecule has 3 heteroatoms.